The number of halogens is 1. The molecule has 0 amide bonds. The average molecular weight is 243 g/mol. The topological polar surface area (TPSA) is 35.5 Å². The fourth-order valence-corrected chi connectivity index (χ4v) is 1.30. The third-order valence-electron chi connectivity index (χ3n) is 1.93. The summed E-state index contributed by atoms with van der Waals surface area (Å²) in [6, 6.07) is 7.19. The van der Waals surface area contributed by atoms with Gasteiger partial charge in [0.2, 0.25) is 0 Å². The maximum absolute atomic E-state index is 11.0. The zero-order chi connectivity index (χ0) is 12.0. The summed E-state index contributed by atoms with van der Waals surface area (Å²) in [6.07, 6.45) is 0.0971. The second-order valence-corrected chi connectivity index (χ2v) is 3.80. The monoisotopic (exact) mass is 242 g/mol. The van der Waals surface area contributed by atoms with Crippen LogP contribution in [0.15, 0.2) is 24.3 Å². The van der Waals surface area contributed by atoms with Gasteiger partial charge in [-0.05, 0) is 19.1 Å². The maximum atomic E-state index is 11.0. The van der Waals surface area contributed by atoms with Crippen molar-refractivity contribution in [2.45, 2.75) is 26.4 Å². The van der Waals surface area contributed by atoms with Crippen molar-refractivity contribution in [2.24, 2.45) is 0 Å². The Balaban J connectivity index is 2.40. The summed E-state index contributed by atoms with van der Waals surface area (Å²) >= 11 is 5.91. The van der Waals surface area contributed by atoms with Crippen molar-refractivity contribution < 1.29 is 14.3 Å². The highest BCUT2D eigenvalue weighted by molar-refractivity contribution is 6.32. The highest BCUT2D eigenvalue weighted by Gasteiger charge is 2.09. The number of hydrogen-bond acceptors (Lipinski definition) is 3. The van der Waals surface area contributed by atoms with Gasteiger partial charge in [0.05, 0.1) is 5.02 Å². The van der Waals surface area contributed by atoms with Crippen LogP contribution in [0, 0.1) is 0 Å². The first kappa shape index (κ1) is 12.8. The Hall–Kier alpha value is -1.22. The molecule has 88 valence electrons. The predicted molar refractivity (Wildman–Crippen MR) is 62.8 cm³/mol. The fourth-order valence-electron chi connectivity index (χ4n) is 1.11. The predicted octanol–water partition coefficient (Wildman–Crippen LogP) is 3.06. The van der Waals surface area contributed by atoms with Crippen LogP contribution in [0.3, 0.4) is 0 Å². The molecule has 0 fully saturated rings. The van der Waals surface area contributed by atoms with Gasteiger partial charge in [-0.3, -0.25) is 4.79 Å². The highest BCUT2D eigenvalue weighted by atomic mass is 35.5. The van der Waals surface area contributed by atoms with Crippen molar-refractivity contribution in [2.75, 3.05) is 6.61 Å². The van der Waals surface area contributed by atoms with E-state index < -0.39 is 0 Å². The lowest BCUT2D eigenvalue weighted by Gasteiger charge is -2.14. The Morgan fingerprint density at radius 2 is 2.12 bits per heavy atom. The van der Waals surface area contributed by atoms with Crippen LogP contribution in [0.2, 0.25) is 5.02 Å². The molecular weight excluding hydrogens is 228 g/mol. The Morgan fingerprint density at radius 3 is 2.75 bits per heavy atom. The third kappa shape index (κ3) is 4.11. The lowest BCUT2D eigenvalue weighted by molar-refractivity contribution is -0.149. The lowest BCUT2D eigenvalue weighted by atomic mass is 10.3. The van der Waals surface area contributed by atoms with Crippen LogP contribution in [0.4, 0.5) is 0 Å². The van der Waals surface area contributed by atoms with Crippen LogP contribution in [0.25, 0.3) is 0 Å². The van der Waals surface area contributed by atoms with Crippen molar-refractivity contribution in [3.05, 3.63) is 29.3 Å². The molecule has 0 saturated heterocycles. The Kier molecular flexibility index (Phi) is 5.12. The maximum Gasteiger partial charge on any atom is 0.305 e. The minimum absolute atomic E-state index is 0.227. The quantitative estimate of drug-likeness (QED) is 0.745. The first-order valence-electron chi connectivity index (χ1n) is 5.20. The number of hydrogen-bond donors (Lipinski definition) is 0. The van der Waals surface area contributed by atoms with Crippen LogP contribution in [-0.2, 0) is 9.53 Å². The molecule has 0 bridgehead atoms. The van der Waals surface area contributed by atoms with E-state index in [1.807, 2.05) is 12.1 Å². The van der Waals surface area contributed by atoms with Crippen molar-refractivity contribution in [3.63, 3.8) is 0 Å². The Morgan fingerprint density at radius 1 is 1.44 bits per heavy atom. The molecule has 0 aliphatic heterocycles. The molecule has 4 heteroatoms. The molecule has 1 rings (SSSR count). The van der Waals surface area contributed by atoms with Crippen molar-refractivity contribution in [1.29, 1.82) is 0 Å². The van der Waals surface area contributed by atoms with E-state index in [-0.39, 0.29) is 12.1 Å². The second kappa shape index (κ2) is 6.38. The molecule has 0 aliphatic rings. The number of carbonyl (C=O) groups is 1. The van der Waals surface area contributed by atoms with E-state index in [4.69, 9.17) is 21.1 Å². The van der Waals surface area contributed by atoms with E-state index in [1.165, 1.54) is 0 Å². The summed E-state index contributed by atoms with van der Waals surface area (Å²) in [5, 5.41) is 0.552. The summed E-state index contributed by atoms with van der Waals surface area (Å²) in [7, 11) is 0. The molecular formula is C12H15ClO3. The van der Waals surface area contributed by atoms with Gasteiger partial charge in [-0.25, -0.2) is 0 Å². The summed E-state index contributed by atoms with van der Waals surface area (Å²) in [5.74, 6) is 0.374. The van der Waals surface area contributed by atoms with Crippen molar-refractivity contribution >= 4 is 17.6 Å². The molecule has 0 heterocycles. The number of rotatable bonds is 5. The average Bonchev–Trinajstić information content (AvgIpc) is 2.28. The summed E-state index contributed by atoms with van der Waals surface area (Å²) < 4.78 is 10.5. The largest absolute Gasteiger partial charge is 0.488 e. The first-order valence-corrected chi connectivity index (χ1v) is 5.58. The molecule has 1 atom stereocenters. The molecule has 0 radical (unpaired) electrons. The normalized spacial score (nSPS) is 11.9. The van der Waals surface area contributed by atoms with Gasteiger partial charge in [-0.2, -0.15) is 0 Å². The van der Waals surface area contributed by atoms with E-state index >= 15 is 0 Å². The van der Waals surface area contributed by atoms with Gasteiger partial charge >= 0.3 is 5.97 Å². The summed E-state index contributed by atoms with van der Waals surface area (Å²) in [6.45, 7) is 3.84. The van der Waals surface area contributed by atoms with Crippen molar-refractivity contribution in [3.8, 4) is 5.75 Å². The van der Waals surface area contributed by atoms with Gasteiger partial charge in [-0.1, -0.05) is 30.7 Å². The van der Waals surface area contributed by atoms with Gasteiger partial charge in [0.25, 0.3) is 0 Å². The number of benzene rings is 1. The molecule has 0 N–H and O–H groups in total. The van der Waals surface area contributed by atoms with E-state index in [0.717, 1.165) is 0 Å². The minimum atomic E-state index is -0.274. The SMILES string of the molecule is CCC(=O)OC(C)COc1ccccc1Cl. The van der Waals surface area contributed by atoms with Gasteiger partial charge in [0.1, 0.15) is 18.5 Å². The van der Waals surface area contributed by atoms with E-state index in [2.05, 4.69) is 0 Å². The van der Waals surface area contributed by atoms with E-state index in [0.29, 0.717) is 23.8 Å². The van der Waals surface area contributed by atoms with Crippen LogP contribution < -0.4 is 4.74 Å². The number of carbonyl (C=O) groups excluding carboxylic acids is 1. The molecule has 1 unspecified atom stereocenters. The second-order valence-electron chi connectivity index (χ2n) is 3.40. The van der Waals surface area contributed by atoms with Gasteiger partial charge in [-0.15, -0.1) is 0 Å². The van der Waals surface area contributed by atoms with Gasteiger partial charge in [0.15, 0.2) is 0 Å². The Bertz CT molecular complexity index is 352. The van der Waals surface area contributed by atoms with Crippen LogP contribution in [0.1, 0.15) is 20.3 Å². The number of ether oxygens (including phenoxy) is 2. The van der Waals surface area contributed by atoms with E-state index in [1.54, 1.807) is 26.0 Å². The number of esters is 1. The van der Waals surface area contributed by atoms with Crippen LogP contribution >= 0.6 is 11.6 Å². The molecule has 3 nitrogen and oxygen atoms in total. The first-order chi connectivity index (χ1) is 7.63. The molecule has 1 aromatic rings. The molecule has 0 spiro atoms. The molecule has 1 aromatic carbocycles. The minimum Gasteiger partial charge on any atom is -0.488 e. The summed E-state index contributed by atoms with van der Waals surface area (Å²) in [5.41, 5.74) is 0. The van der Waals surface area contributed by atoms with Gasteiger partial charge in [0, 0.05) is 6.42 Å². The standard InChI is InChI=1S/C12H15ClO3/c1-3-12(14)16-9(2)8-15-11-7-5-4-6-10(11)13/h4-7,9H,3,8H2,1-2H3. The fraction of sp³-hybridized carbons (Fsp3) is 0.417. The van der Waals surface area contributed by atoms with Gasteiger partial charge < -0.3 is 9.47 Å². The smallest absolute Gasteiger partial charge is 0.305 e. The molecule has 0 saturated carbocycles. The molecule has 0 aliphatic carbocycles. The third-order valence-corrected chi connectivity index (χ3v) is 2.24. The highest BCUT2D eigenvalue weighted by Crippen LogP contribution is 2.23. The van der Waals surface area contributed by atoms with Crippen LogP contribution in [-0.4, -0.2) is 18.7 Å². The summed E-state index contributed by atoms with van der Waals surface area (Å²) in [4.78, 5) is 11.0. The lowest BCUT2D eigenvalue weighted by Crippen LogP contribution is -2.21. The molecule has 16 heavy (non-hydrogen) atoms. The van der Waals surface area contributed by atoms with Crippen molar-refractivity contribution in [1.82, 2.24) is 0 Å². The number of para-hydroxylation sites is 1. The van der Waals surface area contributed by atoms with E-state index in [9.17, 15) is 4.79 Å². The van der Waals surface area contributed by atoms with Crippen LogP contribution in [0.5, 0.6) is 5.75 Å². The zero-order valence-electron chi connectivity index (χ0n) is 9.40. The Labute approximate surface area is 100 Å². The molecule has 0 aromatic heterocycles. The zero-order valence-corrected chi connectivity index (χ0v) is 10.2.